The van der Waals surface area contributed by atoms with Crippen LogP contribution in [0.5, 0.6) is 0 Å². The molecule has 1 unspecified atom stereocenters. The van der Waals surface area contributed by atoms with Crippen LogP contribution in [0, 0.1) is 6.92 Å². The van der Waals surface area contributed by atoms with Crippen molar-refractivity contribution in [1.29, 1.82) is 0 Å². The number of halogens is 4. The molecule has 1 N–H and O–H groups in total. The number of alkyl halides is 3. The monoisotopic (exact) mass is 513 g/mol. The van der Waals surface area contributed by atoms with Gasteiger partial charge in [-0.15, -0.1) is 0 Å². The van der Waals surface area contributed by atoms with E-state index in [1.54, 1.807) is 37.3 Å². The molecule has 12 heteroatoms. The summed E-state index contributed by atoms with van der Waals surface area (Å²) >= 11 is 2.89. The lowest BCUT2D eigenvalue weighted by molar-refractivity contribution is -0.142. The van der Waals surface area contributed by atoms with E-state index in [2.05, 4.69) is 31.4 Å². The molecule has 0 saturated carbocycles. The number of nitrogens with zero attached hydrogens (tertiary/aromatic N) is 4. The number of anilines is 1. The molecule has 2 aromatic heterocycles. The number of aromatic nitrogens is 4. The van der Waals surface area contributed by atoms with Gasteiger partial charge in [0.15, 0.2) is 11.5 Å². The number of carbonyl (C=O) groups is 2. The van der Waals surface area contributed by atoms with Crippen molar-refractivity contribution in [2.75, 3.05) is 11.9 Å². The second-order valence-electron chi connectivity index (χ2n) is 6.73. The number of rotatable bonds is 6. The largest absolute Gasteiger partial charge is 0.462 e. The van der Waals surface area contributed by atoms with Gasteiger partial charge in [-0.2, -0.15) is 23.4 Å². The Bertz CT molecular complexity index is 1140. The number of esters is 1. The summed E-state index contributed by atoms with van der Waals surface area (Å²) < 4.78 is 46.7. The summed E-state index contributed by atoms with van der Waals surface area (Å²) in [5.41, 5.74) is -0.438. The molecule has 0 aliphatic rings. The molecule has 170 valence electrons. The summed E-state index contributed by atoms with van der Waals surface area (Å²) in [5, 5.41) is 10.3. The van der Waals surface area contributed by atoms with Crippen LogP contribution in [-0.4, -0.2) is 38.0 Å². The molecule has 1 atom stereocenters. The number of nitrogens with one attached hydrogen (secondary N) is 1. The van der Waals surface area contributed by atoms with Crippen molar-refractivity contribution < 1.29 is 27.5 Å². The zero-order valence-electron chi connectivity index (χ0n) is 17.3. The van der Waals surface area contributed by atoms with Crippen molar-refractivity contribution in [3.8, 4) is 5.69 Å². The van der Waals surface area contributed by atoms with Crippen molar-refractivity contribution in [2.45, 2.75) is 33.0 Å². The highest BCUT2D eigenvalue weighted by molar-refractivity contribution is 9.10. The third-order valence-electron chi connectivity index (χ3n) is 4.60. The average molecular weight is 514 g/mol. The van der Waals surface area contributed by atoms with Crippen molar-refractivity contribution in [1.82, 2.24) is 19.6 Å². The Morgan fingerprint density at radius 3 is 2.47 bits per heavy atom. The number of hydrogen-bond donors (Lipinski definition) is 1. The molecule has 0 aliphatic heterocycles. The Morgan fingerprint density at radius 1 is 1.25 bits per heavy atom. The van der Waals surface area contributed by atoms with Gasteiger partial charge in [-0.3, -0.25) is 9.48 Å². The molecule has 2 heterocycles. The highest BCUT2D eigenvalue weighted by Gasteiger charge is 2.39. The summed E-state index contributed by atoms with van der Waals surface area (Å²) in [4.78, 5) is 25.4. The lowest BCUT2D eigenvalue weighted by Gasteiger charge is -2.16. The first-order valence-corrected chi connectivity index (χ1v) is 10.3. The topological polar surface area (TPSA) is 91.0 Å². The third-order valence-corrected chi connectivity index (χ3v) is 5.55. The number of carbonyl (C=O) groups excluding carboxylic acids is 2. The quantitative estimate of drug-likeness (QED) is 0.488. The van der Waals surface area contributed by atoms with E-state index in [1.165, 1.54) is 24.7 Å². The first-order chi connectivity index (χ1) is 15.1. The molecule has 3 aromatic rings. The van der Waals surface area contributed by atoms with Crippen molar-refractivity contribution in [2.24, 2.45) is 0 Å². The predicted molar refractivity (Wildman–Crippen MR) is 113 cm³/mol. The highest BCUT2D eigenvalue weighted by Crippen LogP contribution is 2.36. The van der Waals surface area contributed by atoms with Crippen LogP contribution in [0.4, 0.5) is 19.0 Å². The van der Waals surface area contributed by atoms with Crippen molar-refractivity contribution >= 4 is 33.6 Å². The van der Waals surface area contributed by atoms with Crippen LogP contribution in [0.2, 0.25) is 0 Å². The van der Waals surface area contributed by atoms with Crippen LogP contribution in [0.1, 0.15) is 41.6 Å². The van der Waals surface area contributed by atoms with Crippen LogP contribution < -0.4 is 5.32 Å². The molecular formula is C20H19BrF3N5O3. The molecule has 0 fully saturated rings. The fourth-order valence-electron chi connectivity index (χ4n) is 2.98. The Kier molecular flexibility index (Phi) is 6.72. The van der Waals surface area contributed by atoms with Crippen molar-refractivity contribution in [3.63, 3.8) is 0 Å². The van der Waals surface area contributed by atoms with E-state index in [4.69, 9.17) is 4.74 Å². The van der Waals surface area contributed by atoms with E-state index >= 15 is 0 Å². The molecule has 0 bridgehead atoms. The van der Waals surface area contributed by atoms with Gasteiger partial charge in [0.25, 0.3) is 0 Å². The lowest BCUT2D eigenvalue weighted by atomic mass is 10.2. The van der Waals surface area contributed by atoms with E-state index in [0.29, 0.717) is 5.69 Å². The van der Waals surface area contributed by atoms with Crippen LogP contribution in [-0.2, 0) is 15.7 Å². The van der Waals surface area contributed by atoms with Gasteiger partial charge >= 0.3 is 12.1 Å². The summed E-state index contributed by atoms with van der Waals surface area (Å²) in [6.07, 6.45) is -3.43. The summed E-state index contributed by atoms with van der Waals surface area (Å²) in [6.45, 7) is 4.56. The van der Waals surface area contributed by atoms with Gasteiger partial charge in [0.2, 0.25) is 5.91 Å². The first kappa shape index (κ1) is 23.5. The molecule has 1 aromatic carbocycles. The lowest BCUT2D eigenvalue weighted by Crippen LogP contribution is -2.27. The summed E-state index contributed by atoms with van der Waals surface area (Å²) in [6, 6.07) is 7.58. The Labute approximate surface area is 189 Å². The van der Waals surface area contributed by atoms with E-state index in [1.807, 2.05) is 0 Å². The van der Waals surface area contributed by atoms with Gasteiger partial charge in [-0.1, -0.05) is 18.2 Å². The number of amides is 1. The molecule has 1 amide bonds. The predicted octanol–water partition coefficient (Wildman–Crippen LogP) is 4.53. The maximum atomic E-state index is 13.2. The standard InChI is InChI=1S/C20H19BrF3N5O3/c1-4-32-19(31)14-10-25-29(13-8-6-5-7-9-13)17(14)26-18(30)12(3)28-11(2)15(21)16(27-28)20(22,23)24/h5-10,12H,4H2,1-3H3,(H,26,30). The van der Waals surface area contributed by atoms with Gasteiger partial charge in [0, 0.05) is 0 Å². The Balaban J connectivity index is 1.98. The number of para-hydroxylation sites is 1. The summed E-state index contributed by atoms with van der Waals surface area (Å²) in [7, 11) is 0. The normalized spacial score (nSPS) is 12.5. The van der Waals surface area contributed by atoms with Crippen LogP contribution in [0.15, 0.2) is 41.0 Å². The fourth-order valence-corrected chi connectivity index (χ4v) is 3.47. The van der Waals surface area contributed by atoms with E-state index in [9.17, 15) is 22.8 Å². The van der Waals surface area contributed by atoms with Crippen LogP contribution >= 0.6 is 15.9 Å². The zero-order chi connectivity index (χ0) is 23.6. The number of ether oxygens (including phenoxy) is 1. The number of hydrogen-bond acceptors (Lipinski definition) is 5. The van der Waals surface area contributed by atoms with Crippen LogP contribution in [0.25, 0.3) is 5.69 Å². The third kappa shape index (κ3) is 4.54. The Morgan fingerprint density at radius 2 is 1.91 bits per heavy atom. The minimum absolute atomic E-state index is 0.00519. The minimum atomic E-state index is -4.69. The molecule has 0 saturated heterocycles. The van der Waals surface area contributed by atoms with E-state index < -0.39 is 29.8 Å². The molecule has 0 radical (unpaired) electrons. The fraction of sp³-hybridized carbons (Fsp3) is 0.300. The highest BCUT2D eigenvalue weighted by atomic mass is 79.9. The van der Waals surface area contributed by atoms with Gasteiger partial charge in [0.05, 0.1) is 28.7 Å². The molecular weight excluding hydrogens is 495 g/mol. The minimum Gasteiger partial charge on any atom is -0.462 e. The van der Waals surface area contributed by atoms with Gasteiger partial charge in [-0.25, -0.2) is 9.48 Å². The second-order valence-corrected chi connectivity index (χ2v) is 7.52. The number of benzene rings is 1. The Hall–Kier alpha value is -3.15. The molecule has 3 rings (SSSR count). The van der Waals surface area contributed by atoms with E-state index in [0.717, 1.165) is 4.68 Å². The van der Waals surface area contributed by atoms with Crippen LogP contribution in [0.3, 0.4) is 0 Å². The van der Waals surface area contributed by atoms with Gasteiger partial charge in [0.1, 0.15) is 11.6 Å². The molecule has 0 spiro atoms. The van der Waals surface area contributed by atoms with Gasteiger partial charge in [-0.05, 0) is 48.8 Å². The molecule has 0 aliphatic carbocycles. The SMILES string of the molecule is CCOC(=O)c1cnn(-c2ccccc2)c1NC(=O)C(C)n1nc(C(F)(F)F)c(Br)c1C. The maximum absolute atomic E-state index is 13.2. The first-order valence-electron chi connectivity index (χ1n) is 9.49. The second kappa shape index (κ2) is 9.15. The molecule has 32 heavy (non-hydrogen) atoms. The molecule has 8 nitrogen and oxygen atoms in total. The zero-order valence-corrected chi connectivity index (χ0v) is 18.9. The van der Waals surface area contributed by atoms with E-state index in [-0.39, 0.29) is 28.2 Å². The van der Waals surface area contributed by atoms with Gasteiger partial charge < -0.3 is 10.1 Å². The smallest absolute Gasteiger partial charge is 0.436 e. The average Bonchev–Trinajstić information content (AvgIpc) is 3.29. The van der Waals surface area contributed by atoms with Crippen molar-refractivity contribution in [3.05, 3.63) is 58.0 Å². The maximum Gasteiger partial charge on any atom is 0.436 e. The summed E-state index contributed by atoms with van der Waals surface area (Å²) in [5.74, 6) is -1.36.